The van der Waals surface area contributed by atoms with E-state index in [1.807, 2.05) is 0 Å². The van der Waals surface area contributed by atoms with Gasteiger partial charge in [-0.15, -0.1) is 0 Å². The molecule has 1 fully saturated rings. The van der Waals surface area contributed by atoms with Crippen molar-refractivity contribution in [3.63, 3.8) is 0 Å². The van der Waals surface area contributed by atoms with E-state index in [4.69, 9.17) is 9.88 Å². The zero-order valence-corrected chi connectivity index (χ0v) is 16.4. The molecule has 1 aromatic heterocycles. The molecule has 1 aliphatic carbocycles. The molecule has 0 unspecified atom stereocenters. The number of aromatic nitrogens is 2. The highest BCUT2D eigenvalue weighted by Gasteiger charge is 2.32. The second-order valence-electron chi connectivity index (χ2n) is 7.23. The standard InChI is InChI=1S/C18H23FN4O4S/c1-18(2,19)13-10-21-17(23-16(13)27-15-5-3-4-14(15)24)22-11-6-8-12(9-7-11)28(20,25)26/h6-10,14-15,24H,3-5H2,1-2H3,(H2,20,25,26)(H,21,22,23)/t14-,15+/m1/s1. The predicted molar refractivity (Wildman–Crippen MR) is 102 cm³/mol. The molecule has 1 aliphatic rings. The van der Waals surface area contributed by atoms with Gasteiger partial charge in [-0.25, -0.2) is 22.9 Å². The van der Waals surface area contributed by atoms with Gasteiger partial charge in [-0.1, -0.05) is 0 Å². The molecule has 10 heteroatoms. The van der Waals surface area contributed by atoms with Crippen molar-refractivity contribution in [1.82, 2.24) is 9.97 Å². The number of aliphatic hydroxyl groups excluding tert-OH is 1. The van der Waals surface area contributed by atoms with E-state index in [0.717, 1.165) is 6.42 Å². The maximum Gasteiger partial charge on any atom is 0.238 e. The smallest absolute Gasteiger partial charge is 0.238 e. The SMILES string of the molecule is CC(C)(F)c1cnc(Nc2ccc(S(N)(=O)=O)cc2)nc1O[C@H]1CCC[C@H]1O. The van der Waals surface area contributed by atoms with Crippen molar-refractivity contribution in [2.45, 2.75) is 55.9 Å². The summed E-state index contributed by atoms with van der Waals surface area (Å²) in [4.78, 5) is 8.36. The Kier molecular flexibility index (Phi) is 5.55. The van der Waals surface area contributed by atoms with Crippen molar-refractivity contribution in [3.8, 4) is 5.88 Å². The summed E-state index contributed by atoms with van der Waals surface area (Å²) in [5, 5.41) is 18.0. The minimum Gasteiger partial charge on any atom is -0.471 e. The van der Waals surface area contributed by atoms with Gasteiger partial charge in [0.15, 0.2) is 0 Å². The fraction of sp³-hybridized carbons (Fsp3) is 0.444. The van der Waals surface area contributed by atoms with E-state index in [1.54, 1.807) is 0 Å². The molecule has 8 nitrogen and oxygen atoms in total. The van der Waals surface area contributed by atoms with Gasteiger partial charge >= 0.3 is 0 Å². The lowest BCUT2D eigenvalue weighted by molar-refractivity contribution is 0.0540. The number of nitrogens with one attached hydrogen (secondary N) is 1. The number of halogens is 1. The molecule has 0 amide bonds. The average Bonchev–Trinajstić information content (AvgIpc) is 2.98. The van der Waals surface area contributed by atoms with Crippen molar-refractivity contribution >= 4 is 21.7 Å². The van der Waals surface area contributed by atoms with Crippen LogP contribution < -0.4 is 15.2 Å². The van der Waals surface area contributed by atoms with Crippen LogP contribution in [-0.2, 0) is 15.7 Å². The van der Waals surface area contributed by atoms with Crippen LogP contribution in [0.2, 0.25) is 0 Å². The van der Waals surface area contributed by atoms with E-state index in [1.165, 1.54) is 44.3 Å². The number of ether oxygens (including phenoxy) is 1. The zero-order valence-electron chi connectivity index (χ0n) is 15.6. The first kappa shape index (κ1) is 20.4. The molecule has 28 heavy (non-hydrogen) atoms. The van der Waals surface area contributed by atoms with Gasteiger partial charge in [-0.05, 0) is 57.4 Å². The number of sulfonamides is 1. The Morgan fingerprint density at radius 2 is 1.96 bits per heavy atom. The maximum atomic E-state index is 14.6. The Morgan fingerprint density at radius 3 is 2.50 bits per heavy atom. The molecule has 2 aromatic rings. The third-order valence-corrected chi connectivity index (χ3v) is 5.44. The lowest BCUT2D eigenvalue weighted by Gasteiger charge is -2.22. The molecule has 1 saturated carbocycles. The van der Waals surface area contributed by atoms with Gasteiger partial charge in [0.1, 0.15) is 11.8 Å². The number of hydrogen-bond acceptors (Lipinski definition) is 7. The van der Waals surface area contributed by atoms with Gasteiger partial charge in [0.2, 0.25) is 21.9 Å². The quantitative estimate of drug-likeness (QED) is 0.667. The Hall–Kier alpha value is -2.30. The van der Waals surface area contributed by atoms with Crippen molar-refractivity contribution in [2.75, 3.05) is 5.32 Å². The first-order valence-electron chi connectivity index (χ1n) is 8.85. The fourth-order valence-electron chi connectivity index (χ4n) is 2.97. The van der Waals surface area contributed by atoms with Gasteiger partial charge in [0.05, 0.1) is 16.6 Å². The van der Waals surface area contributed by atoms with Crippen LogP contribution in [0.4, 0.5) is 16.0 Å². The van der Waals surface area contributed by atoms with Gasteiger partial charge in [-0.2, -0.15) is 4.98 Å². The topological polar surface area (TPSA) is 127 Å². The Labute approximate surface area is 163 Å². The second kappa shape index (κ2) is 7.61. The third-order valence-electron chi connectivity index (χ3n) is 4.51. The molecule has 0 aliphatic heterocycles. The summed E-state index contributed by atoms with van der Waals surface area (Å²) < 4.78 is 43.0. The highest BCUT2D eigenvalue weighted by atomic mass is 32.2. The van der Waals surface area contributed by atoms with Gasteiger partial charge in [0, 0.05) is 11.9 Å². The Bertz CT molecular complexity index is 945. The minimum atomic E-state index is -3.78. The zero-order chi connectivity index (χ0) is 20.5. The first-order valence-corrected chi connectivity index (χ1v) is 10.4. The molecule has 0 radical (unpaired) electrons. The number of anilines is 2. The number of alkyl halides is 1. The molecule has 0 spiro atoms. The third kappa shape index (κ3) is 4.75. The number of nitrogens with two attached hydrogens (primary N) is 1. The fourth-order valence-corrected chi connectivity index (χ4v) is 3.48. The minimum absolute atomic E-state index is 0.0206. The summed E-state index contributed by atoms with van der Waals surface area (Å²) in [5.41, 5.74) is -1.03. The molecule has 3 rings (SSSR count). The molecule has 152 valence electrons. The highest BCUT2D eigenvalue weighted by molar-refractivity contribution is 7.89. The van der Waals surface area contributed by atoms with E-state index in [-0.39, 0.29) is 22.3 Å². The average molecular weight is 410 g/mol. The van der Waals surface area contributed by atoms with E-state index >= 15 is 0 Å². The lowest BCUT2D eigenvalue weighted by Crippen LogP contribution is -2.27. The number of nitrogens with zero attached hydrogens (tertiary/aromatic N) is 2. The lowest BCUT2D eigenvalue weighted by atomic mass is 10.0. The molecule has 4 N–H and O–H groups in total. The van der Waals surface area contributed by atoms with Crippen LogP contribution in [0.25, 0.3) is 0 Å². The van der Waals surface area contributed by atoms with Crippen LogP contribution in [0.15, 0.2) is 35.4 Å². The number of benzene rings is 1. The molecule has 0 bridgehead atoms. The van der Waals surface area contributed by atoms with Crippen LogP contribution in [-0.4, -0.2) is 35.7 Å². The van der Waals surface area contributed by atoms with Crippen molar-refractivity contribution in [2.24, 2.45) is 5.14 Å². The molecule has 0 saturated heterocycles. The second-order valence-corrected chi connectivity index (χ2v) is 8.80. The monoisotopic (exact) mass is 410 g/mol. The van der Waals surface area contributed by atoms with Gasteiger partial charge in [0.25, 0.3) is 0 Å². The predicted octanol–water partition coefficient (Wildman–Crippen LogP) is 2.36. The van der Waals surface area contributed by atoms with Crippen LogP contribution in [0.1, 0.15) is 38.7 Å². The van der Waals surface area contributed by atoms with Crippen molar-refractivity contribution < 1.29 is 22.7 Å². The highest BCUT2D eigenvalue weighted by Crippen LogP contribution is 2.34. The van der Waals surface area contributed by atoms with E-state index in [0.29, 0.717) is 18.5 Å². The van der Waals surface area contributed by atoms with Gasteiger partial charge in [-0.3, -0.25) is 0 Å². The van der Waals surface area contributed by atoms with Crippen LogP contribution in [0.5, 0.6) is 5.88 Å². The molecule has 1 heterocycles. The molecular formula is C18H23FN4O4S. The molecule has 2 atom stereocenters. The van der Waals surface area contributed by atoms with Gasteiger partial charge < -0.3 is 15.2 Å². The summed E-state index contributed by atoms with van der Waals surface area (Å²) in [6.07, 6.45) is 2.39. The van der Waals surface area contributed by atoms with Crippen LogP contribution in [0, 0.1) is 0 Å². The Morgan fingerprint density at radius 1 is 1.29 bits per heavy atom. The summed E-state index contributed by atoms with van der Waals surface area (Å²) in [5.74, 6) is 0.218. The summed E-state index contributed by atoms with van der Waals surface area (Å²) >= 11 is 0. The number of rotatable bonds is 6. The number of aliphatic hydroxyl groups is 1. The largest absolute Gasteiger partial charge is 0.471 e. The van der Waals surface area contributed by atoms with Crippen molar-refractivity contribution in [3.05, 3.63) is 36.0 Å². The summed E-state index contributed by atoms with van der Waals surface area (Å²) in [7, 11) is -3.78. The first-order chi connectivity index (χ1) is 13.0. The van der Waals surface area contributed by atoms with Crippen molar-refractivity contribution in [1.29, 1.82) is 0 Å². The maximum absolute atomic E-state index is 14.6. The van der Waals surface area contributed by atoms with E-state index < -0.39 is 27.9 Å². The summed E-state index contributed by atoms with van der Waals surface area (Å²) in [6, 6.07) is 5.72. The number of primary sulfonamides is 1. The van der Waals surface area contributed by atoms with Crippen LogP contribution in [0.3, 0.4) is 0 Å². The van der Waals surface area contributed by atoms with E-state index in [9.17, 15) is 17.9 Å². The number of hydrogen-bond donors (Lipinski definition) is 3. The summed E-state index contributed by atoms with van der Waals surface area (Å²) in [6.45, 7) is 2.76. The Balaban J connectivity index is 1.86. The van der Waals surface area contributed by atoms with Crippen LogP contribution >= 0.6 is 0 Å². The normalized spacial score (nSPS) is 20.2. The molecular weight excluding hydrogens is 387 g/mol. The molecule has 1 aromatic carbocycles. The van der Waals surface area contributed by atoms with E-state index in [2.05, 4.69) is 15.3 Å².